The van der Waals surface area contributed by atoms with Gasteiger partial charge in [0.05, 0.1) is 13.3 Å². The molecule has 0 spiro atoms. The first kappa shape index (κ1) is 9.51. The molecule has 75 valence electrons. The number of rotatable bonds is 2. The predicted molar refractivity (Wildman–Crippen MR) is 53.2 cm³/mol. The largest absolute Gasteiger partial charge is 0.493 e. The Labute approximate surface area is 87.2 Å². The average molecular weight is 201 g/mol. The Morgan fingerprint density at radius 2 is 2.13 bits per heavy atom. The Morgan fingerprint density at radius 1 is 1.27 bits per heavy atom. The van der Waals surface area contributed by atoms with Crippen molar-refractivity contribution in [3.8, 4) is 17.3 Å². The van der Waals surface area contributed by atoms with Gasteiger partial charge in [0.25, 0.3) is 0 Å². The summed E-state index contributed by atoms with van der Waals surface area (Å²) in [5, 5.41) is 0. The van der Waals surface area contributed by atoms with Gasteiger partial charge in [-0.05, 0) is 12.5 Å². The molecule has 0 N–H and O–H groups in total. The maximum Gasteiger partial charge on any atom is 0.179 e. The number of ether oxygens (including phenoxy) is 1. The van der Waals surface area contributed by atoms with Crippen LogP contribution in [-0.2, 0) is 0 Å². The molecule has 0 aliphatic carbocycles. The van der Waals surface area contributed by atoms with Crippen molar-refractivity contribution in [2.45, 2.75) is 6.92 Å². The highest BCUT2D eigenvalue weighted by molar-refractivity contribution is 5.52. The number of aromatic nitrogens is 4. The van der Waals surface area contributed by atoms with Gasteiger partial charge in [-0.2, -0.15) is 0 Å². The maximum absolute atomic E-state index is 4.92. The molecule has 15 heavy (non-hydrogen) atoms. The predicted octanol–water partition coefficient (Wildman–Crippen LogP) is 1.05. The van der Waals surface area contributed by atoms with Crippen molar-refractivity contribution in [1.82, 2.24) is 19.9 Å². The summed E-state index contributed by atoms with van der Waals surface area (Å²) in [5.41, 5.74) is 1.64. The molecule has 0 unspecified atom stereocenters. The Kier molecular flexibility index (Phi) is 2.53. The zero-order valence-electron chi connectivity index (χ0n) is 8.43. The second kappa shape index (κ2) is 4.00. The van der Waals surface area contributed by atoms with Crippen LogP contribution in [0.2, 0.25) is 0 Å². The molecule has 0 saturated heterocycles. The van der Waals surface area contributed by atoms with Crippen molar-refractivity contribution < 1.29 is 4.74 Å². The van der Waals surface area contributed by atoms with Gasteiger partial charge in [-0.15, -0.1) is 0 Å². The average Bonchev–Trinajstić information content (AvgIpc) is 2.30. The second-order valence-corrected chi connectivity index (χ2v) is 2.93. The van der Waals surface area contributed by atoms with Crippen LogP contribution in [-0.4, -0.2) is 27.0 Å². The Morgan fingerprint density at radius 3 is 2.73 bits per heavy atom. The van der Waals surface area contributed by atoms with E-state index in [1.54, 1.807) is 19.5 Å². The van der Waals surface area contributed by atoms with E-state index in [1.807, 2.05) is 6.92 Å². The minimum Gasteiger partial charge on any atom is -0.493 e. The van der Waals surface area contributed by atoms with Gasteiger partial charge in [-0.3, -0.25) is 0 Å². The van der Waals surface area contributed by atoms with Gasteiger partial charge in [-0.25, -0.2) is 19.9 Å². The quantitative estimate of drug-likeness (QED) is 0.726. The molecule has 0 saturated carbocycles. The molecule has 2 aromatic heterocycles. The lowest BCUT2D eigenvalue weighted by Gasteiger charge is -2.02. The molecule has 2 heterocycles. The zero-order chi connectivity index (χ0) is 10.7. The van der Waals surface area contributed by atoms with Crippen molar-refractivity contribution in [2.75, 3.05) is 7.11 Å². The Hall–Kier alpha value is -2.04. The molecule has 1 radical (unpaired) electrons. The van der Waals surface area contributed by atoms with Crippen LogP contribution in [0.4, 0.5) is 0 Å². The van der Waals surface area contributed by atoms with E-state index in [2.05, 4.69) is 26.1 Å². The molecule has 5 heteroatoms. The summed E-state index contributed by atoms with van der Waals surface area (Å²) in [5.74, 6) is 1.03. The van der Waals surface area contributed by atoms with Gasteiger partial charge in [0.15, 0.2) is 11.6 Å². The van der Waals surface area contributed by atoms with Crippen LogP contribution < -0.4 is 4.74 Å². The Balaban J connectivity index is 2.42. The van der Waals surface area contributed by atoms with Crippen LogP contribution >= 0.6 is 0 Å². The highest BCUT2D eigenvalue weighted by Crippen LogP contribution is 2.15. The third kappa shape index (κ3) is 1.90. The van der Waals surface area contributed by atoms with E-state index in [4.69, 9.17) is 4.74 Å². The summed E-state index contributed by atoms with van der Waals surface area (Å²) in [6, 6.07) is 0. The molecule has 2 aromatic rings. The van der Waals surface area contributed by atoms with Gasteiger partial charge in [-0.1, -0.05) is 0 Å². The van der Waals surface area contributed by atoms with Crippen LogP contribution in [0.1, 0.15) is 5.56 Å². The van der Waals surface area contributed by atoms with Crippen LogP contribution in [0, 0.1) is 13.1 Å². The molecule has 0 aliphatic rings. The van der Waals surface area contributed by atoms with Gasteiger partial charge < -0.3 is 4.74 Å². The van der Waals surface area contributed by atoms with Crippen LogP contribution in [0.25, 0.3) is 11.5 Å². The fourth-order valence-corrected chi connectivity index (χ4v) is 1.13. The van der Waals surface area contributed by atoms with Crippen LogP contribution in [0.3, 0.4) is 0 Å². The SMILES string of the molecule is COc1[c]nc(-c2ncncc2C)nc1. The monoisotopic (exact) mass is 201 g/mol. The first-order valence-corrected chi connectivity index (χ1v) is 4.37. The fourth-order valence-electron chi connectivity index (χ4n) is 1.13. The summed E-state index contributed by atoms with van der Waals surface area (Å²) in [6.07, 6.45) is 7.46. The third-order valence-corrected chi connectivity index (χ3v) is 1.90. The summed E-state index contributed by atoms with van der Waals surface area (Å²) >= 11 is 0. The number of methoxy groups -OCH3 is 1. The minimum absolute atomic E-state index is 0.505. The molecule has 0 amide bonds. The molecular formula is C10H9N4O. The summed E-state index contributed by atoms with van der Waals surface area (Å²) in [4.78, 5) is 16.2. The van der Waals surface area contributed by atoms with E-state index in [0.29, 0.717) is 17.3 Å². The van der Waals surface area contributed by atoms with E-state index in [-0.39, 0.29) is 0 Å². The topological polar surface area (TPSA) is 60.8 Å². The molecule has 0 aliphatic heterocycles. The summed E-state index contributed by atoms with van der Waals surface area (Å²) in [7, 11) is 1.55. The van der Waals surface area contributed by atoms with Crippen molar-refractivity contribution in [3.05, 3.63) is 30.5 Å². The first-order chi connectivity index (χ1) is 7.31. The van der Waals surface area contributed by atoms with E-state index in [0.717, 1.165) is 5.56 Å². The number of nitrogens with zero attached hydrogens (tertiary/aromatic N) is 4. The van der Waals surface area contributed by atoms with Crippen molar-refractivity contribution in [1.29, 1.82) is 0 Å². The van der Waals surface area contributed by atoms with E-state index < -0.39 is 0 Å². The lowest BCUT2D eigenvalue weighted by molar-refractivity contribution is 0.410. The molecule has 0 aromatic carbocycles. The highest BCUT2D eigenvalue weighted by atomic mass is 16.5. The lowest BCUT2D eigenvalue weighted by atomic mass is 10.2. The minimum atomic E-state index is 0.505. The van der Waals surface area contributed by atoms with E-state index in [1.165, 1.54) is 6.33 Å². The van der Waals surface area contributed by atoms with Gasteiger partial charge in [0.1, 0.15) is 18.2 Å². The molecule has 0 bridgehead atoms. The summed E-state index contributed by atoms with van der Waals surface area (Å²) < 4.78 is 4.92. The van der Waals surface area contributed by atoms with Crippen molar-refractivity contribution in [3.63, 3.8) is 0 Å². The van der Waals surface area contributed by atoms with Crippen LogP contribution in [0.15, 0.2) is 18.7 Å². The second-order valence-electron chi connectivity index (χ2n) is 2.93. The number of aryl methyl sites for hydroxylation is 1. The lowest BCUT2D eigenvalue weighted by Crippen LogP contribution is -1.96. The van der Waals surface area contributed by atoms with Crippen LogP contribution in [0.5, 0.6) is 5.75 Å². The van der Waals surface area contributed by atoms with Gasteiger partial charge in [0.2, 0.25) is 0 Å². The molecule has 5 nitrogen and oxygen atoms in total. The normalized spacial score (nSPS) is 10.0. The zero-order valence-corrected chi connectivity index (χ0v) is 8.43. The van der Waals surface area contributed by atoms with Gasteiger partial charge in [0, 0.05) is 6.20 Å². The molecule has 2 rings (SSSR count). The molecule has 0 atom stereocenters. The first-order valence-electron chi connectivity index (χ1n) is 4.37. The van der Waals surface area contributed by atoms with Gasteiger partial charge >= 0.3 is 0 Å². The maximum atomic E-state index is 4.92. The summed E-state index contributed by atoms with van der Waals surface area (Å²) in [6.45, 7) is 1.91. The standard InChI is InChI=1S/C10H9N4O/c1-7-3-11-6-14-9(7)10-12-4-8(15-2)5-13-10/h3-4,6H,1-2H3. The third-order valence-electron chi connectivity index (χ3n) is 1.90. The number of hydrogen-bond acceptors (Lipinski definition) is 5. The van der Waals surface area contributed by atoms with Crippen molar-refractivity contribution in [2.24, 2.45) is 0 Å². The van der Waals surface area contributed by atoms with Crippen molar-refractivity contribution >= 4 is 0 Å². The van der Waals surface area contributed by atoms with E-state index >= 15 is 0 Å². The van der Waals surface area contributed by atoms with E-state index in [9.17, 15) is 0 Å². The number of hydrogen-bond donors (Lipinski definition) is 0. The Bertz CT molecular complexity index is 455. The highest BCUT2D eigenvalue weighted by Gasteiger charge is 2.06. The molecular weight excluding hydrogens is 192 g/mol. The smallest absolute Gasteiger partial charge is 0.179 e. The molecule has 0 fully saturated rings. The fraction of sp³-hybridized carbons (Fsp3) is 0.200.